The highest BCUT2D eigenvalue weighted by atomic mass is 16.4. The van der Waals surface area contributed by atoms with Crippen LogP contribution in [0.15, 0.2) is 35.0 Å². The van der Waals surface area contributed by atoms with Crippen LogP contribution in [0.5, 0.6) is 0 Å². The monoisotopic (exact) mass is 190 g/mol. The minimum atomic E-state index is -0.972. The number of allylic oxidation sites excluding steroid dienone is 1. The fourth-order valence-electron chi connectivity index (χ4n) is 1.06. The van der Waals surface area contributed by atoms with Crippen molar-refractivity contribution in [1.82, 2.24) is 0 Å². The molecule has 1 aromatic rings. The standard InChI is InChI=1S/C11H10O3/c1-2-9(5-3-7-11(12)13)10-6-4-8-14-10/h1,3-4,6-9H,5H2,(H,12,13)/b7-3+. The molecule has 0 bridgehead atoms. The van der Waals surface area contributed by atoms with Crippen LogP contribution in [0.4, 0.5) is 0 Å². The lowest BCUT2D eigenvalue weighted by Crippen LogP contribution is -1.93. The van der Waals surface area contributed by atoms with Crippen molar-refractivity contribution in [2.45, 2.75) is 12.3 Å². The summed E-state index contributed by atoms with van der Waals surface area (Å²) in [6.07, 6.45) is 9.90. The van der Waals surface area contributed by atoms with Crippen molar-refractivity contribution >= 4 is 5.97 Å². The van der Waals surface area contributed by atoms with Crippen LogP contribution in [0.3, 0.4) is 0 Å². The van der Waals surface area contributed by atoms with Crippen molar-refractivity contribution in [3.05, 3.63) is 36.3 Å². The SMILES string of the molecule is C#CC(C/C=C/C(=O)O)c1ccco1. The van der Waals surface area contributed by atoms with Gasteiger partial charge >= 0.3 is 5.97 Å². The molecule has 0 aliphatic rings. The summed E-state index contributed by atoms with van der Waals surface area (Å²) in [5.74, 6) is 2.06. The van der Waals surface area contributed by atoms with Gasteiger partial charge in [-0.25, -0.2) is 4.79 Å². The molecule has 1 N–H and O–H groups in total. The van der Waals surface area contributed by atoms with Gasteiger partial charge in [-0.1, -0.05) is 12.0 Å². The molecule has 1 aromatic heterocycles. The van der Waals surface area contributed by atoms with Crippen LogP contribution < -0.4 is 0 Å². The molecule has 3 nitrogen and oxygen atoms in total. The molecular formula is C11H10O3. The van der Waals surface area contributed by atoms with Crippen LogP contribution >= 0.6 is 0 Å². The number of terminal acetylenes is 1. The molecule has 1 rings (SSSR count). The molecule has 1 atom stereocenters. The predicted molar refractivity (Wildman–Crippen MR) is 51.7 cm³/mol. The number of carboxylic acid groups (broad SMARTS) is 1. The van der Waals surface area contributed by atoms with Gasteiger partial charge in [-0.15, -0.1) is 6.42 Å². The number of rotatable bonds is 4. The molecule has 14 heavy (non-hydrogen) atoms. The Morgan fingerprint density at radius 1 is 1.79 bits per heavy atom. The topological polar surface area (TPSA) is 50.4 Å². The molecule has 0 aliphatic carbocycles. The summed E-state index contributed by atoms with van der Waals surface area (Å²) in [4.78, 5) is 10.2. The van der Waals surface area contributed by atoms with Gasteiger partial charge in [0.25, 0.3) is 0 Å². The van der Waals surface area contributed by atoms with Crippen LogP contribution in [0.1, 0.15) is 18.1 Å². The second kappa shape index (κ2) is 4.93. The summed E-state index contributed by atoms with van der Waals surface area (Å²) in [5.41, 5.74) is 0. The molecule has 1 unspecified atom stereocenters. The first-order valence-corrected chi connectivity index (χ1v) is 4.13. The largest absolute Gasteiger partial charge is 0.478 e. The van der Waals surface area contributed by atoms with Gasteiger partial charge in [0.2, 0.25) is 0 Å². The van der Waals surface area contributed by atoms with E-state index in [4.69, 9.17) is 15.9 Å². The average molecular weight is 190 g/mol. The summed E-state index contributed by atoms with van der Waals surface area (Å²) in [6.45, 7) is 0. The molecule has 0 aliphatic heterocycles. The van der Waals surface area contributed by atoms with E-state index in [0.29, 0.717) is 12.2 Å². The van der Waals surface area contributed by atoms with Gasteiger partial charge in [-0.05, 0) is 18.6 Å². The lowest BCUT2D eigenvalue weighted by molar-refractivity contribution is -0.131. The molecule has 0 saturated heterocycles. The van der Waals surface area contributed by atoms with E-state index in [2.05, 4.69) is 5.92 Å². The molecule has 0 amide bonds. The summed E-state index contributed by atoms with van der Waals surface area (Å²) >= 11 is 0. The predicted octanol–water partition coefficient (Wildman–Crippen LogP) is 2.03. The minimum absolute atomic E-state index is 0.194. The third kappa shape index (κ3) is 2.83. The average Bonchev–Trinajstić information content (AvgIpc) is 2.64. The van der Waals surface area contributed by atoms with Gasteiger partial charge in [-0.2, -0.15) is 0 Å². The van der Waals surface area contributed by atoms with Crippen molar-refractivity contribution < 1.29 is 14.3 Å². The molecule has 0 radical (unpaired) electrons. The van der Waals surface area contributed by atoms with Crippen LogP contribution in [0, 0.1) is 12.3 Å². The zero-order chi connectivity index (χ0) is 10.4. The minimum Gasteiger partial charge on any atom is -0.478 e. The zero-order valence-electron chi connectivity index (χ0n) is 7.51. The fourth-order valence-corrected chi connectivity index (χ4v) is 1.06. The molecule has 0 saturated carbocycles. The fraction of sp³-hybridized carbons (Fsp3) is 0.182. The van der Waals surface area contributed by atoms with E-state index in [9.17, 15) is 4.79 Å². The van der Waals surface area contributed by atoms with Crippen molar-refractivity contribution in [2.75, 3.05) is 0 Å². The van der Waals surface area contributed by atoms with Gasteiger partial charge in [0.1, 0.15) is 5.76 Å². The van der Waals surface area contributed by atoms with Gasteiger partial charge in [0, 0.05) is 6.08 Å². The number of hydrogen-bond acceptors (Lipinski definition) is 2. The van der Waals surface area contributed by atoms with Crippen LogP contribution in [-0.2, 0) is 4.79 Å². The first kappa shape index (κ1) is 10.1. The molecule has 72 valence electrons. The first-order valence-electron chi connectivity index (χ1n) is 4.13. The van der Waals surface area contributed by atoms with E-state index >= 15 is 0 Å². The molecule has 0 spiro atoms. The first-order chi connectivity index (χ1) is 6.74. The highest BCUT2D eigenvalue weighted by molar-refractivity contribution is 5.79. The van der Waals surface area contributed by atoms with Crippen LogP contribution in [0.2, 0.25) is 0 Å². The highest BCUT2D eigenvalue weighted by Gasteiger charge is 2.08. The maximum Gasteiger partial charge on any atom is 0.327 e. The van der Waals surface area contributed by atoms with Crippen molar-refractivity contribution in [3.8, 4) is 12.3 Å². The Balaban J connectivity index is 2.58. The van der Waals surface area contributed by atoms with Crippen LogP contribution in [-0.4, -0.2) is 11.1 Å². The summed E-state index contributed by atoms with van der Waals surface area (Å²) in [7, 11) is 0. The van der Waals surface area contributed by atoms with Crippen molar-refractivity contribution in [3.63, 3.8) is 0 Å². The maximum atomic E-state index is 10.2. The summed E-state index contributed by atoms with van der Waals surface area (Å²) < 4.78 is 5.12. The number of aliphatic carboxylic acids is 1. The Hall–Kier alpha value is -1.95. The van der Waals surface area contributed by atoms with E-state index in [1.165, 1.54) is 6.08 Å². The van der Waals surface area contributed by atoms with Gasteiger partial charge < -0.3 is 9.52 Å². The molecule has 0 fully saturated rings. The Labute approximate surface area is 82.0 Å². The Morgan fingerprint density at radius 3 is 3.07 bits per heavy atom. The smallest absolute Gasteiger partial charge is 0.327 e. The van der Waals surface area contributed by atoms with E-state index < -0.39 is 5.97 Å². The summed E-state index contributed by atoms with van der Waals surface area (Å²) in [6, 6.07) is 3.53. The molecule has 3 heteroatoms. The van der Waals surface area contributed by atoms with Gasteiger partial charge in [0.15, 0.2) is 0 Å². The number of hydrogen-bond donors (Lipinski definition) is 1. The zero-order valence-corrected chi connectivity index (χ0v) is 7.51. The van der Waals surface area contributed by atoms with E-state index in [1.54, 1.807) is 18.4 Å². The van der Waals surface area contributed by atoms with Crippen LogP contribution in [0.25, 0.3) is 0 Å². The maximum absolute atomic E-state index is 10.2. The third-order valence-electron chi connectivity index (χ3n) is 1.72. The van der Waals surface area contributed by atoms with E-state index in [-0.39, 0.29) is 5.92 Å². The van der Waals surface area contributed by atoms with Gasteiger partial charge in [0.05, 0.1) is 12.2 Å². The Kier molecular flexibility index (Phi) is 3.57. The highest BCUT2D eigenvalue weighted by Crippen LogP contribution is 2.19. The molecule has 0 aromatic carbocycles. The van der Waals surface area contributed by atoms with E-state index in [0.717, 1.165) is 6.08 Å². The third-order valence-corrected chi connectivity index (χ3v) is 1.72. The van der Waals surface area contributed by atoms with E-state index in [1.807, 2.05) is 0 Å². The number of carbonyl (C=O) groups is 1. The molecular weight excluding hydrogens is 180 g/mol. The summed E-state index contributed by atoms with van der Waals surface area (Å²) in [5, 5.41) is 8.37. The van der Waals surface area contributed by atoms with Gasteiger partial charge in [-0.3, -0.25) is 0 Å². The van der Waals surface area contributed by atoms with Crippen molar-refractivity contribution in [2.24, 2.45) is 0 Å². The second-order valence-electron chi connectivity index (χ2n) is 2.71. The Morgan fingerprint density at radius 2 is 2.57 bits per heavy atom. The van der Waals surface area contributed by atoms with Crippen molar-refractivity contribution in [1.29, 1.82) is 0 Å². The quantitative estimate of drug-likeness (QED) is 0.583. The lowest BCUT2D eigenvalue weighted by Gasteiger charge is -2.02. The second-order valence-corrected chi connectivity index (χ2v) is 2.71. The Bertz CT molecular complexity index is 354. The normalized spacial score (nSPS) is 12.5. The number of carboxylic acids is 1. The number of furan rings is 1. The molecule has 1 heterocycles. The lowest BCUT2D eigenvalue weighted by atomic mass is 10.0.